The number of nitrogens with two attached hydrogens (primary N) is 1. The Balaban J connectivity index is 2.28. The van der Waals surface area contributed by atoms with E-state index in [0.29, 0.717) is 13.0 Å². The maximum absolute atomic E-state index is 11.9. The molecule has 4 N–H and O–H groups in total. The maximum atomic E-state index is 11.9. The van der Waals surface area contributed by atoms with Gasteiger partial charge in [-0.2, -0.15) is 0 Å². The number of rotatable bonds is 8. The van der Waals surface area contributed by atoms with Gasteiger partial charge in [0.25, 0.3) is 0 Å². The van der Waals surface area contributed by atoms with Crippen LogP contribution >= 0.6 is 0 Å². The van der Waals surface area contributed by atoms with E-state index in [1.807, 2.05) is 11.8 Å². The van der Waals surface area contributed by atoms with Crippen molar-refractivity contribution in [2.75, 3.05) is 19.6 Å². The summed E-state index contributed by atoms with van der Waals surface area (Å²) in [4.78, 5) is 24.7. The Labute approximate surface area is 120 Å². The molecule has 1 heterocycles. The molecule has 0 aromatic rings. The molecule has 0 bridgehead atoms. The van der Waals surface area contributed by atoms with E-state index in [4.69, 9.17) is 10.8 Å². The van der Waals surface area contributed by atoms with Gasteiger partial charge in [0.1, 0.15) is 5.54 Å². The summed E-state index contributed by atoms with van der Waals surface area (Å²) in [5.41, 5.74) is 4.58. The molecule has 1 saturated heterocycles. The first-order chi connectivity index (χ1) is 9.37. The third-order valence-corrected chi connectivity index (χ3v) is 3.82. The lowest BCUT2D eigenvalue weighted by molar-refractivity contribution is -0.143. The fourth-order valence-electron chi connectivity index (χ4n) is 2.52. The normalized spacial score (nSPS) is 24.6. The van der Waals surface area contributed by atoms with Gasteiger partial charge in [-0.15, -0.1) is 0 Å². The molecule has 20 heavy (non-hydrogen) atoms. The van der Waals surface area contributed by atoms with Gasteiger partial charge in [-0.1, -0.05) is 26.2 Å². The minimum atomic E-state index is -1.20. The van der Waals surface area contributed by atoms with Crippen molar-refractivity contribution in [2.45, 2.75) is 57.5 Å². The summed E-state index contributed by atoms with van der Waals surface area (Å²) in [6.07, 6.45) is 4.84. The fraction of sp³-hybridized carbons (Fsp3) is 0.857. The second-order valence-electron chi connectivity index (χ2n) is 5.89. The summed E-state index contributed by atoms with van der Waals surface area (Å²) in [6.45, 7) is 5.17. The van der Waals surface area contributed by atoms with E-state index in [1.165, 1.54) is 12.8 Å². The second-order valence-corrected chi connectivity index (χ2v) is 5.89. The lowest BCUT2D eigenvalue weighted by atomic mass is 10.0. The van der Waals surface area contributed by atoms with Crippen LogP contribution in [0.3, 0.4) is 0 Å². The topological polar surface area (TPSA) is 95.7 Å². The average molecular weight is 285 g/mol. The van der Waals surface area contributed by atoms with Crippen LogP contribution in [0, 0.1) is 0 Å². The molecule has 6 nitrogen and oxygen atoms in total. The average Bonchev–Trinajstić information content (AvgIpc) is 2.72. The number of nitrogens with zero attached hydrogens (tertiary/aromatic N) is 1. The molecule has 1 amide bonds. The molecule has 6 heteroatoms. The van der Waals surface area contributed by atoms with E-state index < -0.39 is 11.5 Å². The molecule has 0 spiro atoms. The van der Waals surface area contributed by atoms with Gasteiger partial charge in [0, 0.05) is 19.1 Å². The minimum Gasteiger partial charge on any atom is -0.480 e. The number of likely N-dealkylation sites (tertiary alicyclic amines) is 1. The van der Waals surface area contributed by atoms with Crippen LogP contribution in [0.15, 0.2) is 0 Å². The molecule has 1 aliphatic rings. The van der Waals surface area contributed by atoms with Crippen LogP contribution in [0.5, 0.6) is 0 Å². The summed E-state index contributed by atoms with van der Waals surface area (Å²) in [6, 6.07) is 0.166. The van der Waals surface area contributed by atoms with Gasteiger partial charge < -0.3 is 16.2 Å². The fourth-order valence-corrected chi connectivity index (χ4v) is 2.52. The Morgan fingerprint density at radius 1 is 1.45 bits per heavy atom. The summed E-state index contributed by atoms with van der Waals surface area (Å²) < 4.78 is 0. The Morgan fingerprint density at radius 3 is 2.70 bits per heavy atom. The van der Waals surface area contributed by atoms with Crippen LogP contribution in [-0.4, -0.2) is 53.1 Å². The van der Waals surface area contributed by atoms with E-state index in [-0.39, 0.29) is 25.0 Å². The zero-order valence-electron chi connectivity index (χ0n) is 12.5. The third kappa shape index (κ3) is 5.09. The predicted molar refractivity (Wildman–Crippen MR) is 77.4 cm³/mol. The Morgan fingerprint density at radius 2 is 2.15 bits per heavy atom. The monoisotopic (exact) mass is 285 g/mol. The molecule has 1 rings (SSSR count). The molecule has 0 aliphatic carbocycles. The Hall–Kier alpha value is -1.14. The molecule has 2 atom stereocenters. The number of hydrogen-bond donors (Lipinski definition) is 3. The molecule has 0 radical (unpaired) electrons. The highest BCUT2D eigenvalue weighted by atomic mass is 16.4. The van der Waals surface area contributed by atoms with Gasteiger partial charge in [0.2, 0.25) is 5.91 Å². The van der Waals surface area contributed by atoms with Crippen molar-refractivity contribution in [3.8, 4) is 0 Å². The van der Waals surface area contributed by atoms with E-state index in [2.05, 4.69) is 12.2 Å². The number of carboxylic acids is 1. The predicted octanol–water partition coefficient (Wildman–Crippen LogP) is 0.559. The molecule has 0 aromatic carbocycles. The molecular formula is C14H27N3O3. The van der Waals surface area contributed by atoms with E-state index >= 15 is 0 Å². The van der Waals surface area contributed by atoms with E-state index in [0.717, 1.165) is 12.8 Å². The highest BCUT2D eigenvalue weighted by molar-refractivity contribution is 5.81. The first-order valence-corrected chi connectivity index (χ1v) is 7.41. The highest BCUT2D eigenvalue weighted by Crippen LogP contribution is 2.18. The summed E-state index contributed by atoms with van der Waals surface area (Å²) in [5, 5.41) is 12.0. The van der Waals surface area contributed by atoms with Gasteiger partial charge in [-0.25, -0.2) is 0 Å². The number of amides is 1. The van der Waals surface area contributed by atoms with Gasteiger partial charge in [0.05, 0.1) is 6.54 Å². The summed E-state index contributed by atoms with van der Waals surface area (Å²) in [5.74, 6) is -1.04. The molecule has 116 valence electrons. The standard InChI is InChI=1S/C14H27N3O3/c1-3-4-5-6-11(2)16-12(18)9-17-8-7-14(15,10-17)13(19)20/h11H,3-10,15H2,1-2H3,(H,16,18)(H,19,20). The first-order valence-electron chi connectivity index (χ1n) is 7.41. The molecular weight excluding hydrogens is 258 g/mol. The lowest BCUT2D eigenvalue weighted by Gasteiger charge is -2.20. The largest absolute Gasteiger partial charge is 0.480 e. The molecule has 0 aromatic heterocycles. The van der Waals surface area contributed by atoms with Gasteiger partial charge in [-0.3, -0.25) is 14.5 Å². The van der Waals surface area contributed by atoms with Crippen molar-refractivity contribution < 1.29 is 14.7 Å². The minimum absolute atomic E-state index is 0.0522. The van der Waals surface area contributed by atoms with Gasteiger partial charge in [-0.05, 0) is 19.8 Å². The number of carboxylic acid groups (broad SMARTS) is 1. The Bertz CT molecular complexity index is 349. The number of nitrogens with one attached hydrogen (secondary N) is 1. The number of unbranched alkanes of at least 4 members (excludes halogenated alkanes) is 2. The third-order valence-electron chi connectivity index (χ3n) is 3.82. The van der Waals surface area contributed by atoms with Gasteiger partial charge in [0.15, 0.2) is 0 Å². The number of aliphatic carboxylic acids is 1. The van der Waals surface area contributed by atoms with Crippen LogP contribution in [0.1, 0.15) is 46.0 Å². The van der Waals surface area contributed by atoms with Crippen molar-refractivity contribution in [3.63, 3.8) is 0 Å². The van der Waals surface area contributed by atoms with Crippen molar-refractivity contribution in [3.05, 3.63) is 0 Å². The van der Waals surface area contributed by atoms with Crippen LogP contribution in [-0.2, 0) is 9.59 Å². The summed E-state index contributed by atoms with van der Waals surface area (Å²) in [7, 11) is 0. The van der Waals surface area contributed by atoms with E-state index in [1.54, 1.807) is 0 Å². The van der Waals surface area contributed by atoms with Crippen molar-refractivity contribution in [1.82, 2.24) is 10.2 Å². The van der Waals surface area contributed by atoms with Crippen LogP contribution in [0.2, 0.25) is 0 Å². The first kappa shape index (κ1) is 16.9. The molecule has 0 saturated carbocycles. The Kier molecular flexibility index (Phi) is 6.42. The van der Waals surface area contributed by atoms with Crippen molar-refractivity contribution in [2.24, 2.45) is 5.73 Å². The van der Waals surface area contributed by atoms with Crippen LogP contribution in [0.4, 0.5) is 0 Å². The van der Waals surface area contributed by atoms with Crippen molar-refractivity contribution >= 4 is 11.9 Å². The number of hydrogen-bond acceptors (Lipinski definition) is 4. The second kappa shape index (κ2) is 7.59. The molecule has 1 aliphatic heterocycles. The highest BCUT2D eigenvalue weighted by Gasteiger charge is 2.41. The van der Waals surface area contributed by atoms with Crippen molar-refractivity contribution in [1.29, 1.82) is 0 Å². The van der Waals surface area contributed by atoms with Crippen LogP contribution < -0.4 is 11.1 Å². The zero-order valence-corrected chi connectivity index (χ0v) is 12.5. The quantitative estimate of drug-likeness (QED) is 0.566. The smallest absolute Gasteiger partial charge is 0.325 e. The zero-order chi connectivity index (χ0) is 15.2. The van der Waals surface area contributed by atoms with Crippen LogP contribution in [0.25, 0.3) is 0 Å². The molecule has 1 fully saturated rings. The number of carbonyl (C=O) groups is 2. The van der Waals surface area contributed by atoms with Gasteiger partial charge >= 0.3 is 5.97 Å². The SMILES string of the molecule is CCCCCC(C)NC(=O)CN1CCC(N)(C(=O)O)C1. The lowest BCUT2D eigenvalue weighted by Crippen LogP contribution is -2.51. The van der Waals surface area contributed by atoms with E-state index in [9.17, 15) is 9.59 Å². The number of carbonyl (C=O) groups excluding carboxylic acids is 1. The maximum Gasteiger partial charge on any atom is 0.325 e. The molecule has 2 unspecified atom stereocenters. The summed E-state index contributed by atoms with van der Waals surface area (Å²) >= 11 is 0.